The third-order valence-electron chi connectivity index (χ3n) is 9.76. The molecule has 4 heteroatoms. The minimum Gasteiger partial charge on any atom is -0.309 e. The van der Waals surface area contributed by atoms with Crippen LogP contribution in [0.1, 0.15) is 0 Å². The number of para-hydroxylation sites is 2. The largest absolute Gasteiger partial charge is 0.309 e. The molecule has 0 fully saturated rings. The van der Waals surface area contributed by atoms with Crippen molar-refractivity contribution in [2.24, 2.45) is 0 Å². The number of pyridine rings is 2. The molecule has 0 atom stereocenters. The maximum Gasteiger partial charge on any atom is 0.145 e. The van der Waals surface area contributed by atoms with Crippen LogP contribution in [0, 0.1) is 0 Å². The summed E-state index contributed by atoms with van der Waals surface area (Å²) >= 11 is 0. The number of aromatic nitrogens is 4. The minimum absolute atomic E-state index is 0.921. The molecule has 10 aromatic rings. The molecule has 4 heterocycles. The highest BCUT2D eigenvalue weighted by Crippen LogP contribution is 2.38. The minimum atomic E-state index is 0.921. The van der Waals surface area contributed by atoms with Crippen molar-refractivity contribution in [1.29, 1.82) is 0 Å². The molecule has 4 nitrogen and oxygen atoms in total. The molecule has 0 saturated heterocycles. The number of hydrogen-bond donors (Lipinski definition) is 0. The molecular weight excluding hydrogens is 609 g/mol. The second-order valence-corrected chi connectivity index (χ2v) is 12.7. The molecule has 234 valence electrons. The number of benzene rings is 6. The van der Waals surface area contributed by atoms with Gasteiger partial charge in [0.15, 0.2) is 0 Å². The molecule has 0 aliphatic rings. The first-order chi connectivity index (χ1) is 24.8. The number of rotatable bonds is 5. The van der Waals surface area contributed by atoms with Crippen LogP contribution in [0.15, 0.2) is 182 Å². The van der Waals surface area contributed by atoms with Crippen LogP contribution in [0.2, 0.25) is 0 Å². The Hall–Kier alpha value is -6.78. The molecule has 10 rings (SSSR count). The van der Waals surface area contributed by atoms with E-state index in [1.807, 2.05) is 24.4 Å². The lowest BCUT2D eigenvalue weighted by Crippen LogP contribution is -1.99. The van der Waals surface area contributed by atoms with Crippen molar-refractivity contribution >= 4 is 43.7 Å². The van der Waals surface area contributed by atoms with E-state index < -0.39 is 0 Å². The lowest BCUT2D eigenvalue weighted by atomic mass is 10.0. The van der Waals surface area contributed by atoms with Crippen molar-refractivity contribution < 1.29 is 0 Å². The molecule has 0 saturated carbocycles. The van der Waals surface area contributed by atoms with Crippen molar-refractivity contribution in [3.05, 3.63) is 182 Å². The van der Waals surface area contributed by atoms with E-state index in [2.05, 4.69) is 167 Å². The Morgan fingerprint density at radius 1 is 0.340 bits per heavy atom. The molecule has 50 heavy (non-hydrogen) atoms. The van der Waals surface area contributed by atoms with E-state index in [-0.39, 0.29) is 0 Å². The molecule has 0 N–H and O–H groups in total. The van der Waals surface area contributed by atoms with Crippen LogP contribution < -0.4 is 0 Å². The first-order valence-corrected chi connectivity index (χ1v) is 16.9. The van der Waals surface area contributed by atoms with Gasteiger partial charge in [-0.3, -0.25) is 4.57 Å². The lowest BCUT2D eigenvalue weighted by Gasteiger charge is -2.13. The summed E-state index contributed by atoms with van der Waals surface area (Å²) in [6.07, 6.45) is 1.88. The average Bonchev–Trinajstić information content (AvgIpc) is 3.71. The van der Waals surface area contributed by atoms with E-state index in [1.54, 1.807) is 0 Å². The second kappa shape index (κ2) is 11.4. The van der Waals surface area contributed by atoms with Gasteiger partial charge < -0.3 is 4.57 Å². The van der Waals surface area contributed by atoms with Crippen LogP contribution in [-0.4, -0.2) is 19.1 Å². The van der Waals surface area contributed by atoms with Crippen LogP contribution in [0.4, 0.5) is 0 Å². The van der Waals surface area contributed by atoms with Crippen molar-refractivity contribution in [2.45, 2.75) is 0 Å². The maximum absolute atomic E-state index is 5.15. The van der Waals surface area contributed by atoms with Crippen LogP contribution >= 0.6 is 0 Å². The SMILES string of the molecule is c1ccc(-c2cc(-n3c4cc(-c5ccc6c(c5)c5ccccc5n6-c5ccccc5)ccc4c4cccnc43)cc(-c3ccccc3)n2)cc1. The van der Waals surface area contributed by atoms with E-state index in [4.69, 9.17) is 9.97 Å². The molecular formula is C46H30N4. The Kier molecular flexibility index (Phi) is 6.46. The van der Waals surface area contributed by atoms with Gasteiger partial charge in [0.25, 0.3) is 0 Å². The molecule has 0 amide bonds. The van der Waals surface area contributed by atoms with Crippen molar-refractivity contribution in [2.75, 3.05) is 0 Å². The van der Waals surface area contributed by atoms with E-state index in [0.29, 0.717) is 0 Å². The predicted octanol–water partition coefficient (Wildman–Crippen LogP) is 11.7. The Balaban J connectivity index is 1.20. The topological polar surface area (TPSA) is 35.6 Å². The summed E-state index contributed by atoms with van der Waals surface area (Å²) < 4.78 is 4.66. The summed E-state index contributed by atoms with van der Waals surface area (Å²) in [7, 11) is 0. The van der Waals surface area contributed by atoms with Gasteiger partial charge in [0.2, 0.25) is 0 Å². The summed E-state index contributed by atoms with van der Waals surface area (Å²) in [4.78, 5) is 10.1. The van der Waals surface area contributed by atoms with Gasteiger partial charge in [0.05, 0.1) is 33.6 Å². The highest BCUT2D eigenvalue weighted by molar-refractivity contribution is 6.12. The van der Waals surface area contributed by atoms with Gasteiger partial charge in [0.1, 0.15) is 5.65 Å². The van der Waals surface area contributed by atoms with Crippen LogP contribution in [0.25, 0.3) is 88.8 Å². The molecule has 0 radical (unpaired) electrons. The second-order valence-electron chi connectivity index (χ2n) is 12.7. The van der Waals surface area contributed by atoms with Crippen molar-refractivity contribution in [3.63, 3.8) is 0 Å². The quantitative estimate of drug-likeness (QED) is 0.188. The number of fused-ring (bicyclic) bond motifs is 6. The van der Waals surface area contributed by atoms with Gasteiger partial charge in [0, 0.05) is 44.6 Å². The third-order valence-corrected chi connectivity index (χ3v) is 9.76. The molecule has 0 spiro atoms. The maximum atomic E-state index is 5.15. The zero-order valence-electron chi connectivity index (χ0n) is 27.1. The standard InChI is InChI=1S/C46H30N4/c1-4-13-31(14-5-1)41-29-36(30-42(48-41)32-15-6-2-7-16-32)50-45-28-34(22-24-38(45)39-20-12-26-47-46(39)50)33-23-25-44-40(27-33)37-19-10-11-21-43(37)49(44)35-17-8-3-9-18-35/h1-30H. The van der Waals surface area contributed by atoms with Crippen LogP contribution in [0.5, 0.6) is 0 Å². The third kappa shape index (κ3) is 4.54. The van der Waals surface area contributed by atoms with Gasteiger partial charge in [-0.1, -0.05) is 115 Å². The zero-order valence-corrected chi connectivity index (χ0v) is 27.1. The summed E-state index contributed by atoms with van der Waals surface area (Å²) in [5, 5.41) is 4.76. The fraction of sp³-hybridized carbons (Fsp3) is 0. The van der Waals surface area contributed by atoms with Crippen LogP contribution in [0.3, 0.4) is 0 Å². The number of hydrogen-bond acceptors (Lipinski definition) is 2. The summed E-state index contributed by atoms with van der Waals surface area (Å²) in [5.74, 6) is 0. The fourth-order valence-electron chi connectivity index (χ4n) is 7.45. The predicted molar refractivity (Wildman–Crippen MR) is 207 cm³/mol. The van der Waals surface area contributed by atoms with E-state index >= 15 is 0 Å². The Labute approximate surface area is 289 Å². The highest BCUT2D eigenvalue weighted by Gasteiger charge is 2.18. The molecule has 0 unspecified atom stereocenters. The Morgan fingerprint density at radius 3 is 1.66 bits per heavy atom. The molecule has 0 bridgehead atoms. The number of nitrogens with zero attached hydrogens (tertiary/aromatic N) is 4. The summed E-state index contributed by atoms with van der Waals surface area (Å²) in [6.45, 7) is 0. The van der Waals surface area contributed by atoms with Gasteiger partial charge in [-0.05, 0) is 71.8 Å². The van der Waals surface area contributed by atoms with E-state index in [0.717, 1.165) is 61.4 Å². The molecule has 0 aliphatic heterocycles. The van der Waals surface area contributed by atoms with E-state index in [9.17, 15) is 0 Å². The molecule has 0 aliphatic carbocycles. The average molecular weight is 639 g/mol. The van der Waals surface area contributed by atoms with E-state index in [1.165, 1.54) is 27.4 Å². The molecule has 6 aromatic carbocycles. The normalized spacial score (nSPS) is 11.6. The lowest BCUT2D eigenvalue weighted by molar-refractivity contribution is 1.12. The summed E-state index contributed by atoms with van der Waals surface area (Å²) in [5.41, 5.74) is 12.9. The highest BCUT2D eigenvalue weighted by atomic mass is 15.0. The molecule has 4 aromatic heterocycles. The van der Waals surface area contributed by atoms with Crippen molar-refractivity contribution in [1.82, 2.24) is 19.1 Å². The monoisotopic (exact) mass is 638 g/mol. The smallest absolute Gasteiger partial charge is 0.145 e. The fourth-order valence-corrected chi connectivity index (χ4v) is 7.45. The Bertz CT molecular complexity index is 2790. The van der Waals surface area contributed by atoms with Gasteiger partial charge >= 0.3 is 0 Å². The van der Waals surface area contributed by atoms with Crippen LogP contribution in [-0.2, 0) is 0 Å². The van der Waals surface area contributed by atoms with Gasteiger partial charge in [-0.25, -0.2) is 9.97 Å². The van der Waals surface area contributed by atoms with Gasteiger partial charge in [-0.2, -0.15) is 0 Å². The summed E-state index contributed by atoms with van der Waals surface area (Å²) in [6, 6.07) is 62.3. The Morgan fingerprint density at radius 2 is 0.920 bits per heavy atom. The van der Waals surface area contributed by atoms with Crippen molar-refractivity contribution in [3.8, 4) is 45.0 Å². The zero-order chi connectivity index (χ0) is 33.0. The first kappa shape index (κ1) is 28.3. The van der Waals surface area contributed by atoms with Gasteiger partial charge in [-0.15, -0.1) is 0 Å². The first-order valence-electron chi connectivity index (χ1n) is 16.9.